The van der Waals surface area contributed by atoms with Gasteiger partial charge in [0.1, 0.15) is 5.69 Å². The summed E-state index contributed by atoms with van der Waals surface area (Å²) in [5.41, 5.74) is 3.94. The lowest BCUT2D eigenvalue weighted by Gasteiger charge is -2.08. The van der Waals surface area contributed by atoms with Gasteiger partial charge in [-0.2, -0.15) is 5.10 Å². The molecule has 23 heavy (non-hydrogen) atoms. The van der Waals surface area contributed by atoms with E-state index >= 15 is 0 Å². The van der Waals surface area contributed by atoms with E-state index < -0.39 is 0 Å². The van der Waals surface area contributed by atoms with E-state index in [0.29, 0.717) is 16.4 Å². The summed E-state index contributed by atoms with van der Waals surface area (Å²) in [6, 6.07) is 16.8. The summed E-state index contributed by atoms with van der Waals surface area (Å²) in [5.74, 6) is -0.210. The Kier molecular flexibility index (Phi) is 4.44. The van der Waals surface area contributed by atoms with Crippen LogP contribution in [0.3, 0.4) is 0 Å². The van der Waals surface area contributed by atoms with E-state index in [1.165, 1.54) is 0 Å². The summed E-state index contributed by atoms with van der Waals surface area (Å²) in [7, 11) is 0. The molecule has 2 N–H and O–H groups in total. The average Bonchev–Trinajstić information content (AvgIpc) is 3.06. The Morgan fingerprint density at radius 3 is 2.65 bits per heavy atom. The number of rotatable bonds is 4. The number of nitrogens with zero attached hydrogens (tertiary/aromatic N) is 1. The highest BCUT2D eigenvalue weighted by molar-refractivity contribution is 6.30. The van der Waals surface area contributed by atoms with Crippen LogP contribution in [0, 0.1) is 0 Å². The summed E-state index contributed by atoms with van der Waals surface area (Å²) in [6.45, 7) is 2.06. The third kappa shape index (κ3) is 3.43. The van der Waals surface area contributed by atoms with E-state index in [1.54, 1.807) is 18.2 Å². The second-order valence-electron chi connectivity index (χ2n) is 5.14. The first kappa shape index (κ1) is 15.3. The Hall–Kier alpha value is -2.59. The number of aromatic nitrogens is 2. The Balaban J connectivity index is 1.80. The number of hydrogen-bond donors (Lipinski definition) is 2. The molecule has 0 saturated heterocycles. The average molecular weight is 326 g/mol. The van der Waals surface area contributed by atoms with Crippen LogP contribution in [0.1, 0.15) is 23.0 Å². The van der Waals surface area contributed by atoms with Crippen molar-refractivity contribution in [1.29, 1.82) is 0 Å². The Labute approximate surface area is 139 Å². The Morgan fingerprint density at radius 2 is 1.91 bits per heavy atom. The summed E-state index contributed by atoms with van der Waals surface area (Å²) in [6.07, 6.45) is 0.857. The van der Waals surface area contributed by atoms with Crippen LogP contribution < -0.4 is 5.32 Å². The van der Waals surface area contributed by atoms with E-state index in [9.17, 15) is 4.79 Å². The van der Waals surface area contributed by atoms with Crippen LogP contribution in [0.15, 0.2) is 54.6 Å². The molecule has 2 aromatic carbocycles. The van der Waals surface area contributed by atoms with Gasteiger partial charge in [-0.3, -0.25) is 9.89 Å². The van der Waals surface area contributed by atoms with Crippen LogP contribution in [-0.4, -0.2) is 16.1 Å². The van der Waals surface area contributed by atoms with E-state index in [4.69, 9.17) is 11.6 Å². The van der Waals surface area contributed by atoms with Crippen molar-refractivity contribution in [2.24, 2.45) is 0 Å². The smallest absolute Gasteiger partial charge is 0.273 e. The molecule has 0 fully saturated rings. The van der Waals surface area contributed by atoms with Crippen LogP contribution >= 0.6 is 11.6 Å². The lowest BCUT2D eigenvalue weighted by Crippen LogP contribution is -2.13. The lowest BCUT2D eigenvalue weighted by atomic mass is 10.1. The number of aryl methyl sites for hydroxylation is 1. The molecule has 0 aliphatic rings. The Morgan fingerprint density at radius 1 is 1.17 bits per heavy atom. The second-order valence-corrected chi connectivity index (χ2v) is 5.58. The van der Waals surface area contributed by atoms with E-state index in [-0.39, 0.29) is 5.91 Å². The number of benzene rings is 2. The predicted octanol–water partition coefficient (Wildman–Crippen LogP) is 4.54. The fourth-order valence-corrected chi connectivity index (χ4v) is 2.47. The molecular weight excluding hydrogens is 310 g/mol. The number of carbonyl (C=O) groups is 1. The molecule has 1 aromatic heterocycles. The zero-order valence-electron chi connectivity index (χ0n) is 12.6. The molecule has 0 radical (unpaired) electrons. The SMILES string of the molecule is CCc1ccccc1NC(=O)c1cc(-c2ccc(Cl)cc2)n[nH]1. The van der Waals surface area contributed by atoms with Gasteiger partial charge >= 0.3 is 0 Å². The third-order valence-corrected chi connectivity index (χ3v) is 3.86. The van der Waals surface area contributed by atoms with Crippen molar-refractivity contribution in [3.05, 3.63) is 70.9 Å². The molecule has 3 rings (SSSR count). The highest BCUT2D eigenvalue weighted by Crippen LogP contribution is 2.21. The molecule has 5 heteroatoms. The Bertz CT molecular complexity index is 824. The molecule has 0 unspecified atom stereocenters. The lowest BCUT2D eigenvalue weighted by molar-refractivity contribution is 0.102. The van der Waals surface area contributed by atoms with Crippen molar-refractivity contribution < 1.29 is 4.79 Å². The van der Waals surface area contributed by atoms with Gasteiger partial charge in [-0.05, 0) is 36.2 Å². The summed E-state index contributed by atoms with van der Waals surface area (Å²) in [5, 5.41) is 10.6. The molecule has 0 bridgehead atoms. The summed E-state index contributed by atoms with van der Waals surface area (Å²) in [4.78, 5) is 12.4. The third-order valence-electron chi connectivity index (χ3n) is 3.61. The standard InChI is InChI=1S/C18H16ClN3O/c1-2-12-5-3-4-6-15(12)20-18(23)17-11-16(21-22-17)13-7-9-14(19)10-8-13/h3-11H,2H2,1H3,(H,20,23)(H,21,22). The number of hydrogen-bond acceptors (Lipinski definition) is 2. The first-order valence-corrected chi connectivity index (χ1v) is 7.76. The number of para-hydroxylation sites is 1. The topological polar surface area (TPSA) is 57.8 Å². The largest absolute Gasteiger partial charge is 0.320 e. The zero-order chi connectivity index (χ0) is 16.2. The molecule has 0 aliphatic heterocycles. The minimum atomic E-state index is -0.210. The van der Waals surface area contributed by atoms with Crippen molar-refractivity contribution in [1.82, 2.24) is 10.2 Å². The first-order chi connectivity index (χ1) is 11.2. The van der Waals surface area contributed by atoms with E-state index in [1.807, 2.05) is 36.4 Å². The van der Waals surface area contributed by atoms with Gasteiger partial charge < -0.3 is 5.32 Å². The van der Waals surface area contributed by atoms with Gasteiger partial charge in [0, 0.05) is 16.3 Å². The maximum Gasteiger partial charge on any atom is 0.273 e. The highest BCUT2D eigenvalue weighted by Gasteiger charge is 2.12. The minimum Gasteiger partial charge on any atom is -0.320 e. The van der Waals surface area contributed by atoms with Crippen molar-refractivity contribution in [3.63, 3.8) is 0 Å². The normalized spacial score (nSPS) is 10.5. The van der Waals surface area contributed by atoms with Gasteiger partial charge in [0.05, 0.1) is 5.69 Å². The number of H-pyrrole nitrogens is 1. The maximum absolute atomic E-state index is 12.4. The molecule has 0 saturated carbocycles. The molecule has 116 valence electrons. The van der Waals surface area contributed by atoms with Crippen molar-refractivity contribution in [2.75, 3.05) is 5.32 Å². The van der Waals surface area contributed by atoms with Gasteiger partial charge in [-0.25, -0.2) is 0 Å². The molecule has 0 aliphatic carbocycles. The number of carbonyl (C=O) groups excluding carboxylic acids is 1. The van der Waals surface area contributed by atoms with Crippen molar-refractivity contribution >= 4 is 23.2 Å². The quantitative estimate of drug-likeness (QED) is 0.739. The van der Waals surface area contributed by atoms with Crippen molar-refractivity contribution in [3.8, 4) is 11.3 Å². The number of anilines is 1. The van der Waals surface area contributed by atoms with Crippen molar-refractivity contribution in [2.45, 2.75) is 13.3 Å². The van der Waals surface area contributed by atoms with Gasteiger partial charge in [0.15, 0.2) is 0 Å². The van der Waals surface area contributed by atoms with E-state index in [0.717, 1.165) is 23.2 Å². The number of halogens is 1. The maximum atomic E-state index is 12.4. The molecule has 4 nitrogen and oxygen atoms in total. The number of aromatic amines is 1. The molecule has 3 aromatic rings. The van der Waals surface area contributed by atoms with Gasteiger partial charge in [-0.1, -0.05) is 48.9 Å². The predicted molar refractivity (Wildman–Crippen MR) is 92.8 cm³/mol. The number of nitrogens with one attached hydrogen (secondary N) is 2. The molecular formula is C18H16ClN3O. The monoisotopic (exact) mass is 325 g/mol. The summed E-state index contributed by atoms with van der Waals surface area (Å²) >= 11 is 5.88. The molecule has 0 spiro atoms. The molecule has 1 heterocycles. The van der Waals surface area contributed by atoms with Crippen LogP contribution in [0.5, 0.6) is 0 Å². The van der Waals surface area contributed by atoms with Crippen LogP contribution in [-0.2, 0) is 6.42 Å². The van der Waals surface area contributed by atoms with Gasteiger partial charge in [-0.15, -0.1) is 0 Å². The van der Waals surface area contributed by atoms with Crippen LogP contribution in [0.25, 0.3) is 11.3 Å². The van der Waals surface area contributed by atoms with Crippen LogP contribution in [0.2, 0.25) is 5.02 Å². The molecule has 0 atom stereocenters. The highest BCUT2D eigenvalue weighted by atomic mass is 35.5. The number of amides is 1. The fourth-order valence-electron chi connectivity index (χ4n) is 2.35. The van der Waals surface area contributed by atoms with Gasteiger partial charge in [0.25, 0.3) is 5.91 Å². The fraction of sp³-hybridized carbons (Fsp3) is 0.111. The zero-order valence-corrected chi connectivity index (χ0v) is 13.4. The van der Waals surface area contributed by atoms with E-state index in [2.05, 4.69) is 22.4 Å². The molecule has 1 amide bonds. The van der Waals surface area contributed by atoms with Gasteiger partial charge in [0.2, 0.25) is 0 Å². The summed E-state index contributed by atoms with van der Waals surface area (Å²) < 4.78 is 0. The second kappa shape index (κ2) is 6.67. The minimum absolute atomic E-state index is 0.210. The van der Waals surface area contributed by atoms with Crippen LogP contribution in [0.4, 0.5) is 5.69 Å². The first-order valence-electron chi connectivity index (χ1n) is 7.38.